The van der Waals surface area contributed by atoms with Crippen LogP contribution < -0.4 is 18.9 Å². The summed E-state index contributed by atoms with van der Waals surface area (Å²) in [6.45, 7) is 11.2. The standard InChI is InChI=1S/C52H54Br2O4/c1-5-21-55-49-37-15-9-16-38(49)26-44-30-42(36-14-12-20-48(54)34-36)32-46(52(44)58-24-8-4)28-40-18-10-17-39(50(40)56-22-6-2)27-45-31-41(35-13-11-19-47(53)33-35)29-43(25-37)51(45)57-23-7-3/h9-20,29-34H,5-8,21-28H2,1-4H3. The highest BCUT2D eigenvalue weighted by molar-refractivity contribution is 9.10. The predicted octanol–water partition coefficient (Wildman–Crippen LogP) is 14.4. The lowest BCUT2D eigenvalue weighted by atomic mass is 9.88. The monoisotopic (exact) mass is 900 g/mol. The van der Waals surface area contributed by atoms with E-state index in [1.165, 1.54) is 0 Å². The summed E-state index contributed by atoms with van der Waals surface area (Å²) in [7, 11) is 0. The van der Waals surface area contributed by atoms with Crippen molar-refractivity contribution in [2.24, 2.45) is 0 Å². The fourth-order valence-corrected chi connectivity index (χ4v) is 8.71. The van der Waals surface area contributed by atoms with Crippen LogP contribution in [-0.4, -0.2) is 26.4 Å². The maximum absolute atomic E-state index is 6.80. The molecule has 0 saturated carbocycles. The molecule has 0 aromatic heterocycles. The maximum Gasteiger partial charge on any atom is 0.126 e. The summed E-state index contributed by atoms with van der Waals surface area (Å²) in [5.74, 6) is 3.79. The molecule has 1 aliphatic rings. The second-order valence-corrected chi connectivity index (χ2v) is 17.0. The average molecular weight is 903 g/mol. The van der Waals surface area contributed by atoms with Crippen LogP contribution in [0.25, 0.3) is 22.3 Å². The first-order chi connectivity index (χ1) is 28.4. The first-order valence-electron chi connectivity index (χ1n) is 20.9. The Morgan fingerprint density at radius 3 is 0.897 bits per heavy atom. The molecule has 6 aromatic carbocycles. The molecule has 58 heavy (non-hydrogen) atoms. The zero-order chi connectivity index (χ0) is 40.4. The van der Waals surface area contributed by atoms with Gasteiger partial charge in [0, 0.05) is 34.6 Å². The van der Waals surface area contributed by atoms with E-state index in [-0.39, 0.29) is 0 Å². The Morgan fingerprint density at radius 2 is 0.621 bits per heavy atom. The van der Waals surface area contributed by atoms with Crippen LogP contribution in [-0.2, 0) is 25.7 Å². The smallest absolute Gasteiger partial charge is 0.126 e. The lowest BCUT2D eigenvalue weighted by molar-refractivity contribution is 0.304. The van der Waals surface area contributed by atoms with E-state index in [1.54, 1.807) is 0 Å². The summed E-state index contributed by atoms with van der Waals surface area (Å²) in [6.07, 6.45) is 6.27. The molecule has 6 aromatic rings. The fourth-order valence-electron chi connectivity index (χ4n) is 7.92. The van der Waals surface area contributed by atoms with Crippen molar-refractivity contribution in [3.8, 4) is 45.3 Å². The summed E-state index contributed by atoms with van der Waals surface area (Å²) in [6, 6.07) is 39.7. The number of fused-ring (bicyclic) bond motifs is 8. The van der Waals surface area contributed by atoms with Gasteiger partial charge in [0.25, 0.3) is 0 Å². The van der Waals surface area contributed by atoms with Crippen LogP contribution in [0.5, 0.6) is 23.0 Å². The van der Waals surface area contributed by atoms with Gasteiger partial charge in [-0.05, 0) is 141 Å². The van der Waals surface area contributed by atoms with Crippen LogP contribution in [0.4, 0.5) is 0 Å². The van der Waals surface area contributed by atoms with Crippen molar-refractivity contribution in [2.75, 3.05) is 26.4 Å². The first-order valence-corrected chi connectivity index (χ1v) is 22.5. The second kappa shape index (κ2) is 20.0. The van der Waals surface area contributed by atoms with E-state index >= 15 is 0 Å². The third-order valence-corrected chi connectivity index (χ3v) is 11.5. The molecule has 0 N–H and O–H groups in total. The summed E-state index contributed by atoms with van der Waals surface area (Å²) in [4.78, 5) is 0. The van der Waals surface area contributed by atoms with Gasteiger partial charge in [0.05, 0.1) is 26.4 Å². The van der Waals surface area contributed by atoms with Crippen LogP contribution in [0.3, 0.4) is 0 Å². The van der Waals surface area contributed by atoms with Gasteiger partial charge in [0.1, 0.15) is 23.0 Å². The van der Waals surface area contributed by atoms with E-state index in [1.807, 2.05) is 0 Å². The van der Waals surface area contributed by atoms with Crippen molar-refractivity contribution in [1.82, 2.24) is 0 Å². The number of ether oxygens (including phenoxy) is 4. The van der Waals surface area contributed by atoms with Gasteiger partial charge in [0.15, 0.2) is 0 Å². The highest BCUT2D eigenvalue weighted by atomic mass is 79.9. The highest BCUT2D eigenvalue weighted by Crippen LogP contribution is 2.42. The minimum absolute atomic E-state index is 0.629. The van der Waals surface area contributed by atoms with E-state index in [4.69, 9.17) is 18.9 Å². The predicted molar refractivity (Wildman–Crippen MR) is 246 cm³/mol. The van der Waals surface area contributed by atoms with Gasteiger partial charge in [-0.1, -0.05) is 120 Å². The van der Waals surface area contributed by atoms with Gasteiger partial charge in [-0.2, -0.15) is 0 Å². The van der Waals surface area contributed by atoms with Crippen molar-refractivity contribution < 1.29 is 18.9 Å². The molecule has 0 unspecified atom stereocenters. The Bertz CT molecular complexity index is 2090. The molecule has 0 fully saturated rings. The Hall–Kier alpha value is -4.52. The number of benzene rings is 6. The Morgan fingerprint density at radius 1 is 0.345 bits per heavy atom. The normalized spacial score (nSPS) is 12.2. The molecule has 0 spiro atoms. The molecule has 300 valence electrons. The number of halogens is 2. The third-order valence-electron chi connectivity index (χ3n) is 10.5. The van der Waals surface area contributed by atoms with Crippen LogP contribution in [0, 0.1) is 0 Å². The van der Waals surface area contributed by atoms with Crippen LogP contribution in [0.2, 0.25) is 0 Å². The average Bonchev–Trinajstić information content (AvgIpc) is 3.22. The zero-order valence-electron chi connectivity index (χ0n) is 34.3. The van der Waals surface area contributed by atoms with Gasteiger partial charge in [-0.3, -0.25) is 0 Å². The Labute approximate surface area is 362 Å². The molecule has 0 aliphatic heterocycles. The number of hydrogen-bond acceptors (Lipinski definition) is 4. The molecule has 8 bridgehead atoms. The molecule has 0 amide bonds. The zero-order valence-corrected chi connectivity index (χ0v) is 37.4. The van der Waals surface area contributed by atoms with Crippen molar-refractivity contribution >= 4 is 31.9 Å². The minimum atomic E-state index is 0.629. The van der Waals surface area contributed by atoms with Crippen LogP contribution >= 0.6 is 31.9 Å². The van der Waals surface area contributed by atoms with Crippen LogP contribution in [0.15, 0.2) is 118 Å². The van der Waals surface area contributed by atoms with E-state index in [9.17, 15) is 0 Å². The first kappa shape index (κ1) is 41.6. The maximum atomic E-state index is 6.80. The van der Waals surface area contributed by atoms with E-state index < -0.39 is 0 Å². The molecular weight excluding hydrogens is 848 g/mol. The van der Waals surface area contributed by atoms with Gasteiger partial charge in [-0.25, -0.2) is 0 Å². The lowest BCUT2D eigenvalue weighted by Gasteiger charge is -2.24. The molecule has 1 aliphatic carbocycles. The van der Waals surface area contributed by atoms with E-state index in [0.717, 1.165) is 124 Å². The summed E-state index contributed by atoms with van der Waals surface area (Å²) < 4.78 is 29.3. The molecule has 0 radical (unpaired) electrons. The van der Waals surface area contributed by atoms with Crippen molar-refractivity contribution in [3.63, 3.8) is 0 Å². The van der Waals surface area contributed by atoms with Gasteiger partial charge >= 0.3 is 0 Å². The highest BCUT2D eigenvalue weighted by Gasteiger charge is 2.24. The van der Waals surface area contributed by atoms with Crippen molar-refractivity contribution in [1.29, 1.82) is 0 Å². The van der Waals surface area contributed by atoms with E-state index in [0.29, 0.717) is 52.1 Å². The molecule has 0 saturated heterocycles. The number of para-hydroxylation sites is 2. The van der Waals surface area contributed by atoms with Gasteiger partial charge < -0.3 is 18.9 Å². The van der Waals surface area contributed by atoms with Gasteiger partial charge in [0.2, 0.25) is 0 Å². The third kappa shape index (κ3) is 9.84. The largest absolute Gasteiger partial charge is 0.493 e. The quantitative estimate of drug-likeness (QED) is 0.109. The fraction of sp³-hybridized carbons (Fsp3) is 0.308. The van der Waals surface area contributed by atoms with Crippen molar-refractivity contribution in [3.05, 3.63) is 163 Å². The summed E-state index contributed by atoms with van der Waals surface area (Å²) in [5, 5.41) is 0. The molecule has 4 nitrogen and oxygen atoms in total. The summed E-state index contributed by atoms with van der Waals surface area (Å²) >= 11 is 7.48. The van der Waals surface area contributed by atoms with E-state index in [2.05, 4.69) is 169 Å². The topological polar surface area (TPSA) is 36.9 Å². The Kier molecular flexibility index (Phi) is 14.3. The molecular formula is C52H54Br2O4. The SMILES string of the molecule is CCCOc1c2cccc1Cc1cc(-c3cccc(Br)c3)cc(c1OCCC)Cc1cccc(c1OCCC)Cc1cc(-c3cccc(Br)c3)cc(c1OCCC)C2. The second-order valence-electron chi connectivity index (χ2n) is 15.2. The summed E-state index contributed by atoms with van der Waals surface area (Å²) in [5.41, 5.74) is 13.8. The number of rotatable bonds is 14. The molecule has 0 heterocycles. The Balaban J connectivity index is 1.53. The van der Waals surface area contributed by atoms with Gasteiger partial charge in [-0.15, -0.1) is 0 Å². The molecule has 7 rings (SSSR count). The molecule has 0 atom stereocenters. The van der Waals surface area contributed by atoms with Crippen LogP contribution in [0.1, 0.15) is 97.9 Å². The van der Waals surface area contributed by atoms with Crippen molar-refractivity contribution in [2.45, 2.75) is 79.1 Å². The number of hydrogen-bond donors (Lipinski definition) is 0. The molecule has 6 heteroatoms. The minimum Gasteiger partial charge on any atom is -0.493 e. The lowest BCUT2D eigenvalue weighted by Crippen LogP contribution is -2.10.